The van der Waals surface area contributed by atoms with Gasteiger partial charge >= 0.3 is 0 Å². The molecule has 0 spiro atoms. The summed E-state index contributed by atoms with van der Waals surface area (Å²) in [5, 5.41) is 2.86. The van der Waals surface area contributed by atoms with Crippen LogP contribution in [-0.4, -0.2) is 18.6 Å². The Morgan fingerprint density at radius 2 is 2.12 bits per heavy atom. The van der Waals surface area contributed by atoms with E-state index in [4.69, 9.17) is 4.74 Å². The van der Waals surface area contributed by atoms with Crippen molar-refractivity contribution in [1.29, 1.82) is 0 Å². The molecule has 1 aromatic carbocycles. The number of nitrogens with one attached hydrogen (secondary N) is 1. The van der Waals surface area contributed by atoms with E-state index in [1.54, 1.807) is 0 Å². The second-order valence-electron chi connectivity index (χ2n) is 4.74. The van der Waals surface area contributed by atoms with Gasteiger partial charge in [-0.25, -0.2) is 0 Å². The molecule has 1 amide bonds. The molecule has 0 bridgehead atoms. The number of rotatable bonds is 4. The second-order valence-corrected chi connectivity index (χ2v) is 4.74. The molecule has 17 heavy (non-hydrogen) atoms. The maximum absolute atomic E-state index is 11.6. The predicted octanol–water partition coefficient (Wildman–Crippen LogP) is 2.54. The number of benzene rings is 1. The van der Waals surface area contributed by atoms with Crippen LogP contribution in [0.1, 0.15) is 31.4 Å². The number of carbonyl (C=O) groups excluding carboxylic acids is 1. The molecule has 1 N–H and O–H groups in total. The summed E-state index contributed by atoms with van der Waals surface area (Å²) in [5.41, 5.74) is 3.66. The molecule has 0 aliphatic heterocycles. The van der Waals surface area contributed by atoms with Crippen molar-refractivity contribution in [3.05, 3.63) is 29.3 Å². The molecule has 3 heteroatoms. The number of amides is 1. The minimum atomic E-state index is -0.0864. The van der Waals surface area contributed by atoms with Crippen LogP contribution >= 0.6 is 0 Å². The molecule has 2 rings (SSSR count). The first kappa shape index (κ1) is 12.1. The molecule has 1 aliphatic rings. The largest absolute Gasteiger partial charge is 0.369 e. The van der Waals surface area contributed by atoms with E-state index in [2.05, 4.69) is 17.4 Å². The zero-order valence-electron chi connectivity index (χ0n) is 10.5. The molecule has 1 aromatic rings. The van der Waals surface area contributed by atoms with Gasteiger partial charge < -0.3 is 10.1 Å². The fourth-order valence-electron chi connectivity index (χ4n) is 2.09. The summed E-state index contributed by atoms with van der Waals surface area (Å²) in [6.45, 7) is 3.96. The summed E-state index contributed by atoms with van der Waals surface area (Å²) >= 11 is 0. The van der Waals surface area contributed by atoms with Crippen molar-refractivity contribution in [2.75, 3.05) is 11.9 Å². The number of aryl methyl sites for hydroxylation is 2. The van der Waals surface area contributed by atoms with Crippen LogP contribution in [0.3, 0.4) is 0 Å². The third-order valence-corrected chi connectivity index (χ3v) is 2.93. The summed E-state index contributed by atoms with van der Waals surface area (Å²) in [5.74, 6) is -0.0864. The molecule has 0 radical (unpaired) electrons. The van der Waals surface area contributed by atoms with Gasteiger partial charge in [-0.05, 0) is 56.4 Å². The van der Waals surface area contributed by atoms with Crippen molar-refractivity contribution in [3.63, 3.8) is 0 Å². The number of ether oxygens (including phenoxy) is 1. The van der Waals surface area contributed by atoms with Crippen LogP contribution in [0.25, 0.3) is 0 Å². The summed E-state index contributed by atoms with van der Waals surface area (Å²) in [6.07, 6.45) is 3.60. The van der Waals surface area contributed by atoms with Gasteiger partial charge in [0, 0.05) is 5.69 Å². The molecule has 3 nitrogen and oxygen atoms in total. The first-order valence-corrected chi connectivity index (χ1v) is 6.18. The van der Waals surface area contributed by atoms with Gasteiger partial charge in [-0.3, -0.25) is 4.79 Å². The lowest BCUT2D eigenvalue weighted by molar-refractivity contribution is -0.121. The fourth-order valence-corrected chi connectivity index (χ4v) is 2.09. The molecule has 0 saturated heterocycles. The topological polar surface area (TPSA) is 38.3 Å². The summed E-state index contributed by atoms with van der Waals surface area (Å²) in [7, 11) is 0. The molecule has 0 heterocycles. The Hall–Kier alpha value is -1.35. The smallest absolute Gasteiger partial charge is 0.250 e. The summed E-state index contributed by atoms with van der Waals surface area (Å²) in [4.78, 5) is 11.6. The lowest BCUT2D eigenvalue weighted by Crippen LogP contribution is -2.20. The minimum absolute atomic E-state index is 0.0840. The highest BCUT2D eigenvalue weighted by Crippen LogP contribution is 2.24. The Morgan fingerprint density at radius 1 is 1.35 bits per heavy atom. The Labute approximate surface area is 102 Å². The lowest BCUT2D eigenvalue weighted by Gasteiger charge is -2.09. The van der Waals surface area contributed by atoms with Crippen LogP contribution in [0.4, 0.5) is 5.69 Å². The van der Waals surface area contributed by atoms with E-state index in [9.17, 15) is 4.79 Å². The van der Waals surface area contributed by atoms with Crippen LogP contribution in [0.2, 0.25) is 0 Å². The number of hydrogen-bond donors (Lipinski definition) is 1. The zero-order valence-corrected chi connectivity index (χ0v) is 10.5. The van der Waals surface area contributed by atoms with Gasteiger partial charge in [-0.15, -0.1) is 0 Å². The van der Waals surface area contributed by atoms with E-state index in [-0.39, 0.29) is 18.6 Å². The monoisotopic (exact) mass is 233 g/mol. The van der Waals surface area contributed by atoms with E-state index < -0.39 is 0 Å². The van der Waals surface area contributed by atoms with Gasteiger partial charge in [-0.2, -0.15) is 0 Å². The van der Waals surface area contributed by atoms with Crippen LogP contribution < -0.4 is 5.32 Å². The Morgan fingerprint density at radius 3 is 2.88 bits per heavy atom. The molecule has 0 saturated carbocycles. The average Bonchev–Trinajstić information content (AvgIpc) is 2.73. The molecule has 0 unspecified atom stereocenters. The van der Waals surface area contributed by atoms with Crippen LogP contribution in [0.15, 0.2) is 18.2 Å². The maximum atomic E-state index is 11.6. The van der Waals surface area contributed by atoms with Gasteiger partial charge in [0.15, 0.2) is 0 Å². The van der Waals surface area contributed by atoms with Crippen molar-refractivity contribution in [2.24, 2.45) is 0 Å². The summed E-state index contributed by atoms with van der Waals surface area (Å²) < 4.78 is 5.26. The van der Waals surface area contributed by atoms with Gasteiger partial charge in [0.25, 0.3) is 0 Å². The van der Waals surface area contributed by atoms with Gasteiger partial charge in [0.2, 0.25) is 5.91 Å². The number of fused-ring (bicyclic) bond motifs is 1. The quantitative estimate of drug-likeness (QED) is 0.868. The normalized spacial score (nSPS) is 13.8. The Kier molecular flexibility index (Phi) is 3.79. The second kappa shape index (κ2) is 5.32. The predicted molar refractivity (Wildman–Crippen MR) is 68.2 cm³/mol. The van der Waals surface area contributed by atoms with E-state index in [0.717, 1.165) is 12.1 Å². The first-order chi connectivity index (χ1) is 8.15. The van der Waals surface area contributed by atoms with E-state index in [1.165, 1.54) is 24.0 Å². The summed E-state index contributed by atoms with van der Waals surface area (Å²) in [6, 6.07) is 6.16. The number of carbonyl (C=O) groups is 1. The number of anilines is 1. The minimum Gasteiger partial charge on any atom is -0.369 e. The standard InChI is InChI=1S/C14H19NO2/c1-10(2)17-9-14(16)15-13-7-6-11-4-3-5-12(11)8-13/h6-8,10H,3-5,9H2,1-2H3,(H,15,16). The van der Waals surface area contributed by atoms with Crippen molar-refractivity contribution < 1.29 is 9.53 Å². The molecule has 0 atom stereocenters. The molecule has 0 fully saturated rings. The van der Waals surface area contributed by atoms with Crippen molar-refractivity contribution in [3.8, 4) is 0 Å². The average molecular weight is 233 g/mol. The first-order valence-electron chi connectivity index (χ1n) is 6.18. The maximum Gasteiger partial charge on any atom is 0.250 e. The fraction of sp³-hybridized carbons (Fsp3) is 0.500. The highest BCUT2D eigenvalue weighted by Gasteiger charge is 2.11. The lowest BCUT2D eigenvalue weighted by atomic mass is 10.1. The van der Waals surface area contributed by atoms with Crippen LogP contribution in [0.5, 0.6) is 0 Å². The van der Waals surface area contributed by atoms with Crippen molar-refractivity contribution in [2.45, 2.75) is 39.2 Å². The molecule has 92 valence electrons. The molecular formula is C14H19NO2. The van der Waals surface area contributed by atoms with E-state index >= 15 is 0 Å². The Bertz CT molecular complexity index is 413. The molecule has 0 aromatic heterocycles. The van der Waals surface area contributed by atoms with Gasteiger partial charge in [-0.1, -0.05) is 6.07 Å². The van der Waals surface area contributed by atoms with Crippen LogP contribution in [-0.2, 0) is 22.4 Å². The van der Waals surface area contributed by atoms with Crippen molar-refractivity contribution >= 4 is 11.6 Å². The van der Waals surface area contributed by atoms with Gasteiger partial charge in [0.05, 0.1) is 6.10 Å². The molecule has 1 aliphatic carbocycles. The highest BCUT2D eigenvalue weighted by molar-refractivity contribution is 5.91. The third kappa shape index (κ3) is 3.30. The highest BCUT2D eigenvalue weighted by atomic mass is 16.5. The van der Waals surface area contributed by atoms with E-state index in [1.807, 2.05) is 19.9 Å². The third-order valence-electron chi connectivity index (χ3n) is 2.93. The number of hydrogen-bond acceptors (Lipinski definition) is 2. The molecular weight excluding hydrogens is 214 g/mol. The van der Waals surface area contributed by atoms with Crippen LogP contribution in [0, 0.1) is 0 Å². The van der Waals surface area contributed by atoms with E-state index in [0.29, 0.717) is 0 Å². The zero-order chi connectivity index (χ0) is 12.3. The van der Waals surface area contributed by atoms with Crippen molar-refractivity contribution in [1.82, 2.24) is 0 Å². The SMILES string of the molecule is CC(C)OCC(=O)Nc1ccc2c(c1)CCC2. The van der Waals surface area contributed by atoms with Gasteiger partial charge in [0.1, 0.15) is 6.61 Å². The Balaban J connectivity index is 1.92.